The molecule has 0 radical (unpaired) electrons. The summed E-state index contributed by atoms with van der Waals surface area (Å²) in [6, 6.07) is 3.50. The molecule has 0 heterocycles. The minimum atomic E-state index is -1.23. The van der Waals surface area contributed by atoms with Gasteiger partial charge < -0.3 is 10.6 Å². The lowest BCUT2D eigenvalue weighted by Gasteiger charge is -2.14. The Morgan fingerprint density at radius 3 is 2.50 bits per heavy atom. The zero-order valence-electron chi connectivity index (χ0n) is 13.1. The lowest BCUT2D eigenvalue weighted by Crippen LogP contribution is -2.34. The van der Waals surface area contributed by atoms with Gasteiger partial charge in [0.1, 0.15) is 17.7 Å². The predicted octanol–water partition coefficient (Wildman–Crippen LogP) is 2.48. The molecule has 2 rings (SSSR count). The summed E-state index contributed by atoms with van der Waals surface area (Å²) >= 11 is 0. The number of rotatable bonds is 6. The Kier molecular flexibility index (Phi) is 6.24. The smallest absolute Gasteiger partial charge is 0.221 e. The third-order valence-corrected chi connectivity index (χ3v) is 4.01. The fourth-order valence-electron chi connectivity index (χ4n) is 2.75. The largest absolute Gasteiger partial charge is 0.353 e. The third-order valence-electron chi connectivity index (χ3n) is 4.01. The van der Waals surface area contributed by atoms with Gasteiger partial charge in [-0.2, -0.15) is 5.26 Å². The van der Waals surface area contributed by atoms with Gasteiger partial charge in [-0.25, -0.2) is 8.78 Å². The van der Waals surface area contributed by atoms with Gasteiger partial charge in [0.2, 0.25) is 11.8 Å². The van der Waals surface area contributed by atoms with Crippen molar-refractivity contribution >= 4 is 11.8 Å². The molecule has 1 atom stereocenters. The van der Waals surface area contributed by atoms with Gasteiger partial charge in [-0.3, -0.25) is 9.59 Å². The molecule has 1 aromatic rings. The summed E-state index contributed by atoms with van der Waals surface area (Å²) in [5.74, 6) is -2.41. The molecular formula is C17H19F2N3O2. The first kappa shape index (κ1) is 17.9. The Balaban J connectivity index is 1.83. The van der Waals surface area contributed by atoms with Crippen molar-refractivity contribution in [2.75, 3.05) is 0 Å². The number of carbonyl (C=O) groups is 2. The summed E-state index contributed by atoms with van der Waals surface area (Å²) in [4.78, 5) is 23.6. The van der Waals surface area contributed by atoms with E-state index in [4.69, 9.17) is 5.26 Å². The molecule has 1 aromatic carbocycles. The zero-order valence-corrected chi connectivity index (χ0v) is 13.1. The minimum Gasteiger partial charge on any atom is -0.353 e. The fourth-order valence-corrected chi connectivity index (χ4v) is 2.75. The summed E-state index contributed by atoms with van der Waals surface area (Å²) in [7, 11) is 0. The van der Waals surface area contributed by atoms with Crippen LogP contribution in [0.1, 0.15) is 50.1 Å². The van der Waals surface area contributed by atoms with Gasteiger partial charge in [0, 0.05) is 30.5 Å². The van der Waals surface area contributed by atoms with E-state index >= 15 is 0 Å². The van der Waals surface area contributed by atoms with Crippen LogP contribution >= 0.6 is 0 Å². The van der Waals surface area contributed by atoms with Crippen LogP contribution in [-0.2, 0) is 9.59 Å². The average Bonchev–Trinajstić information content (AvgIpc) is 3.04. The first-order valence-electron chi connectivity index (χ1n) is 7.93. The Morgan fingerprint density at radius 1 is 1.21 bits per heavy atom. The van der Waals surface area contributed by atoms with Gasteiger partial charge in [0.05, 0.1) is 6.07 Å². The van der Waals surface area contributed by atoms with Crippen LogP contribution < -0.4 is 10.6 Å². The second-order valence-corrected chi connectivity index (χ2v) is 5.84. The molecule has 7 heteroatoms. The Bertz CT molecular complexity index is 652. The monoisotopic (exact) mass is 335 g/mol. The van der Waals surface area contributed by atoms with Crippen LogP contribution in [0.3, 0.4) is 0 Å². The number of nitriles is 1. The van der Waals surface area contributed by atoms with Gasteiger partial charge >= 0.3 is 0 Å². The van der Waals surface area contributed by atoms with Gasteiger partial charge in [0.25, 0.3) is 0 Å². The van der Waals surface area contributed by atoms with Crippen LogP contribution in [0, 0.1) is 23.0 Å². The molecule has 1 aliphatic rings. The first-order valence-corrected chi connectivity index (χ1v) is 7.93. The average molecular weight is 335 g/mol. The quantitative estimate of drug-likeness (QED) is 0.838. The number of amides is 2. The number of halogens is 2. The number of hydrogen-bond donors (Lipinski definition) is 2. The number of nitrogens with one attached hydrogen (secondary N) is 2. The van der Waals surface area contributed by atoms with Crippen LogP contribution in [0.5, 0.6) is 0 Å². The standard InChI is InChI=1S/C17H19F2N3O2/c18-11-5-6-13(14(19)9-11)15(10-20)22-17(24)8-7-16(23)21-12-3-1-2-4-12/h5-6,9,12,15H,1-4,7-8H2,(H,21,23)(H,22,24). The first-order chi connectivity index (χ1) is 11.5. The van der Waals surface area contributed by atoms with Crippen molar-refractivity contribution in [1.29, 1.82) is 5.26 Å². The summed E-state index contributed by atoms with van der Waals surface area (Å²) in [5.41, 5.74) is -0.109. The van der Waals surface area contributed by atoms with Crippen molar-refractivity contribution in [3.05, 3.63) is 35.4 Å². The molecule has 0 bridgehead atoms. The lowest BCUT2D eigenvalue weighted by molar-refractivity contribution is -0.127. The van der Waals surface area contributed by atoms with Crippen LogP contribution in [0.2, 0.25) is 0 Å². The van der Waals surface area contributed by atoms with Crippen LogP contribution in [0.15, 0.2) is 18.2 Å². The summed E-state index contributed by atoms with van der Waals surface area (Å²) in [6.07, 6.45) is 4.01. The van der Waals surface area contributed by atoms with Crippen molar-refractivity contribution in [3.8, 4) is 6.07 Å². The molecule has 5 nitrogen and oxygen atoms in total. The van der Waals surface area contributed by atoms with Crippen molar-refractivity contribution in [2.45, 2.75) is 50.6 Å². The second-order valence-electron chi connectivity index (χ2n) is 5.84. The van der Waals surface area contributed by atoms with Gasteiger partial charge in [-0.05, 0) is 18.9 Å². The van der Waals surface area contributed by atoms with Gasteiger partial charge in [-0.15, -0.1) is 0 Å². The highest BCUT2D eigenvalue weighted by Gasteiger charge is 2.20. The molecular weight excluding hydrogens is 316 g/mol. The SMILES string of the molecule is N#CC(NC(=O)CCC(=O)NC1CCCC1)c1ccc(F)cc1F. The maximum absolute atomic E-state index is 13.7. The third kappa shape index (κ3) is 5.01. The van der Waals surface area contributed by atoms with Crippen molar-refractivity contribution in [1.82, 2.24) is 10.6 Å². The van der Waals surface area contributed by atoms with Gasteiger partial charge in [-0.1, -0.05) is 18.9 Å². The molecule has 24 heavy (non-hydrogen) atoms. The maximum Gasteiger partial charge on any atom is 0.221 e. The molecule has 128 valence electrons. The Hall–Kier alpha value is -2.49. The highest BCUT2D eigenvalue weighted by Crippen LogP contribution is 2.19. The molecule has 0 aromatic heterocycles. The molecule has 2 amide bonds. The van der Waals surface area contributed by atoms with E-state index in [9.17, 15) is 18.4 Å². The van der Waals surface area contributed by atoms with Crippen LogP contribution in [-0.4, -0.2) is 17.9 Å². The summed E-state index contributed by atoms with van der Waals surface area (Å²) in [5, 5.41) is 14.3. The van der Waals surface area contributed by atoms with Crippen LogP contribution in [0.4, 0.5) is 8.78 Å². The molecule has 1 fully saturated rings. The number of benzene rings is 1. The van der Waals surface area contributed by atoms with E-state index in [1.54, 1.807) is 6.07 Å². The molecule has 2 N–H and O–H groups in total. The van der Waals surface area contributed by atoms with E-state index in [1.165, 1.54) is 0 Å². The van der Waals surface area contributed by atoms with E-state index in [0.29, 0.717) is 6.07 Å². The predicted molar refractivity (Wildman–Crippen MR) is 82.5 cm³/mol. The molecule has 1 aliphatic carbocycles. The highest BCUT2D eigenvalue weighted by atomic mass is 19.1. The minimum absolute atomic E-state index is 0.00633. The van der Waals surface area contributed by atoms with Crippen LogP contribution in [0.25, 0.3) is 0 Å². The van der Waals surface area contributed by atoms with E-state index in [2.05, 4.69) is 10.6 Å². The molecule has 1 saturated carbocycles. The topological polar surface area (TPSA) is 82.0 Å². The fraction of sp³-hybridized carbons (Fsp3) is 0.471. The van der Waals surface area contributed by atoms with E-state index in [1.807, 2.05) is 0 Å². The second kappa shape index (κ2) is 8.39. The molecule has 0 spiro atoms. The highest BCUT2D eigenvalue weighted by molar-refractivity contribution is 5.84. The molecule has 1 unspecified atom stereocenters. The number of nitrogens with zero attached hydrogens (tertiary/aromatic N) is 1. The van der Waals surface area contributed by atoms with Gasteiger partial charge in [0.15, 0.2) is 0 Å². The lowest BCUT2D eigenvalue weighted by atomic mass is 10.1. The van der Waals surface area contributed by atoms with Crippen molar-refractivity contribution < 1.29 is 18.4 Å². The number of carbonyl (C=O) groups excluding carboxylic acids is 2. The number of hydrogen-bond acceptors (Lipinski definition) is 3. The summed E-state index contributed by atoms with van der Waals surface area (Å²) in [6.45, 7) is 0. The molecule has 0 saturated heterocycles. The summed E-state index contributed by atoms with van der Waals surface area (Å²) < 4.78 is 26.6. The Labute approximate surface area is 139 Å². The Morgan fingerprint density at radius 2 is 1.88 bits per heavy atom. The maximum atomic E-state index is 13.7. The van der Waals surface area contributed by atoms with E-state index in [-0.39, 0.29) is 30.4 Å². The van der Waals surface area contributed by atoms with E-state index in [0.717, 1.165) is 37.8 Å². The normalized spacial score (nSPS) is 15.5. The van der Waals surface area contributed by atoms with E-state index < -0.39 is 23.6 Å². The zero-order chi connectivity index (χ0) is 17.5. The van der Waals surface area contributed by atoms with Crippen molar-refractivity contribution in [2.24, 2.45) is 0 Å². The molecule has 0 aliphatic heterocycles. The van der Waals surface area contributed by atoms with Crippen molar-refractivity contribution in [3.63, 3.8) is 0 Å².